The Morgan fingerprint density at radius 1 is 1.19 bits per heavy atom. The van der Waals surface area contributed by atoms with Crippen LogP contribution in [0.5, 0.6) is 5.75 Å². The summed E-state index contributed by atoms with van der Waals surface area (Å²) in [6, 6.07) is 8.52. The van der Waals surface area contributed by atoms with Gasteiger partial charge in [-0.3, -0.25) is 0 Å². The highest BCUT2D eigenvalue weighted by Gasteiger charge is 2.33. The van der Waals surface area contributed by atoms with Gasteiger partial charge in [-0.05, 0) is 30.4 Å². The van der Waals surface area contributed by atoms with Gasteiger partial charge in [0.15, 0.2) is 0 Å². The van der Waals surface area contributed by atoms with E-state index in [-0.39, 0.29) is 12.1 Å². The maximum Gasteiger partial charge on any atom is 0.123 e. The molecule has 2 nitrogen and oxygen atoms in total. The van der Waals surface area contributed by atoms with E-state index in [9.17, 15) is 0 Å². The molecule has 1 aliphatic carbocycles. The van der Waals surface area contributed by atoms with Gasteiger partial charge >= 0.3 is 0 Å². The van der Waals surface area contributed by atoms with Crippen molar-refractivity contribution in [3.8, 4) is 5.75 Å². The first kappa shape index (κ1) is 10.2. The van der Waals surface area contributed by atoms with Crippen LogP contribution in [-0.2, 0) is 6.42 Å². The van der Waals surface area contributed by atoms with Crippen LogP contribution in [0.15, 0.2) is 24.3 Å². The van der Waals surface area contributed by atoms with Crippen molar-refractivity contribution in [1.82, 2.24) is 0 Å². The van der Waals surface area contributed by atoms with Gasteiger partial charge in [-0.25, -0.2) is 0 Å². The van der Waals surface area contributed by atoms with Gasteiger partial charge in [0.2, 0.25) is 0 Å². The highest BCUT2D eigenvalue weighted by molar-refractivity contribution is 5.37. The molecule has 2 heteroatoms. The lowest BCUT2D eigenvalue weighted by atomic mass is 9.92. The van der Waals surface area contributed by atoms with Crippen LogP contribution in [0.4, 0.5) is 0 Å². The highest BCUT2D eigenvalue weighted by atomic mass is 16.5. The predicted octanol–water partition coefficient (Wildman–Crippen LogP) is 2.51. The summed E-state index contributed by atoms with van der Waals surface area (Å²) in [6.45, 7) is 0. The standard InChI is InChI=1S/C14H19NO/c15-14(10-5-1-2-6-10)13-9-11-7-3-4-8-12(11)16-13/h3-4,7-8,10,13-14H,1-2,5-6,9,15H2. The number of benzene rings is 1. The molecule has 1 aliphatic heterocycles. The van der Waals surface area contributed by atoms with E-state index < -0.39 is 0 Å². The van der Waals surface area contributed by atoms with Crippen LogP contribution in [0.3, 0.4) is 0 Å². The Morgan fingerprint density at radius 2 is 1.94 bits per heavy atom. The molecule has 2 aliphatic rings. The summed E-state index contributed by atoms with van der Waals surface area (Å²) in [6.07, 6.45) is 6.47. The number of rotatable bonds is 2. The van der Waals surface area contributed by atoms with Crippen LogP contribution < -0.4 is 10.5 Å². The van der Waals surface area contributed by atoms with Crippen molar-refractivity contribution in [2.45, 2.75) is 44.2 Å². The van der Waals surface area contributed by atoms with Gasteiger partial charge in [0.1, 0.15) is 11.9 Å². The van der Waals surface area contributed by atoms with Crippen LogP contribution in [0, 0.1) is 5.92 Å². The van der Waals surface area contributed by atoms with Gasteiger partial charge in [-0.1, -0.05) is 31.0 Å². The quantitative estimate of drug-likeness (QED) is 0.826. The van der Waals surface area contributed by atoms with Crippen molar-refractivity contribution < 1.29 is 4.74 Å². The Kier molecular flexibility index (Phi) is 2.60. The molecule has 0 amide bonds. The third-order valence-electron chi connectivity index (χ3n) is 4.05. The zero-order valence-corrected chi connectivity index (χ0v) is 9.56. The molecule has 2 N–H and O–H groups in total. The third kappa shape index (κ3) is 1.71. The average Bonchev–Trinajstić information content (AvgIpc) is 2.97. The molecule has 1 heterocycles. The summed E-state index contributed by atoms with van der Waals surface area (Å²) >= 11 is 0. The molecule has 86 valence electrons. The van der Waals surface area contributed by atoms with E-state index in [0.717, 1.165) is 12.2 Å². The Hall–Kier alpha value is -1.02. The Morgan fingerprint density at radius 3 is 2.69 bits per heavy atom. The van der Waals surface area contributed by atoms with E-state index in [0.29, 0.717) is 5.92 Å². The van der Waals surface area contributed by atoms with E-state index in [4.69, 9.17) is 10.5 Å². The van der Waals surface area contributed by atoms with E-state index in [2.05, 4.69) is 18.2 Å². The van der Waals surface area contributed by atoms with E-state index in [1.807, 2.05) is 6.07 Å². The summed E-state index contributed by atoms with van der Waals surface area (Å²) in [5, 5.41) is 0. The number of para-hydroxylation sites is 1. The zero-order valence-electron chi connectivity index (χ0n) is 9.56. The van der Waals surface area contributed by atoms with E-state index in [1.54, 1.807) is 0 Å². The van der Waals surface area contributed by atoms with Crippen LogP contribution in [0.1, 0.15) is 31.2 Å². The van der Waals surface area contributed by atoms with Crippen molar-refractivity contribution >= 4 is 0 Å². The minimum atomic E-state index is 0.209. The highest BCUT2D eigenvalue weighted by Crippen LogP contribution is 2.34. The second kappa shape index (κ2) is 4.10. The minimum Gasteiger partial charge on any atom is -0.488 e. The van der Waals surface area contributed by atoms with E-state index >= 15 is 0 Å². The molecule has 0 aromatic heterocycles. The maximum atomic E-state index is 6.34. The van der Waals surface area contributed by atoms with Crippen molar-refractivity contribution in [3.63, 3.8) is 0 Å². The largest absolute Gasteiger partial charge is 0.488 e. The van der Waals surface area contributed by atoms with Gasteiger partial charge in [-0.15, -0.1) is 0 Å². The summed E-state index contributed by atoms with van der Waals surface area (Å²) in [5.41, 5.74) is 7.66. The molecular formula is C14H19NO. The summed E-state index contributed by atoms with van der Waals surface area (Å²) in [4.78, 5) is 0. The number of nitrogens with two attached hydrogens (primary N) is 1. The number of hydrogen-bond donors (Lipinski definition) is 1. The van der Waals surface area contributed by atoms with Gasteiger partial charge < -0.3 is 10.5 Å². The smallest absolute Gasteiger partial charge is 0.123 e. The molecule has 3 rings (SSSR count). The first-order chi connectivity index (χ1) is 7.84. The van der Waals surface area contributed by atoms with E-state index in [1.165, 1.54) is 31.2 Å². The number of hydrogen-bond acceptors (Lipinski definition) is 2. The van der Waals surface area contributed by atoms with Crippen molar-refractivity contribution in [2.24, 2.45) is 11.7 Å². The van der Waals surface area contributed by atoms with Crippen LogP contribution >= 0.6 is 0 Å². The zero-order chi connectivity index (χ0) is 11.0. The fraction of sp³-hybridized carbons (Fsp3) is 0.571. The topological polar surface area (TPSA) is 35.2 Å². The fourth-order valence-electron chi connectivity index (χ4n) is 3.07. The monoisotopic (exact) mass is 217 g/mol. The molecule has 2 unspecified atom stereocenters. The Bertz CT molecular complexity index is 346. The number of ether oxygens (including phenoxy) is 1. The number of fused-ring (bicyclic) bond motifs is 1. The second-order valence-electron chi connectivity index (χ2n) is 5.09. The maximum absolute atomic E-state index is 6.34. The lowest BCUT2D eigenvalue weighted by molar-refractivity contribution is 0.165. The Labute approximate surface area is 96.8 Å². The molecule has 0 saturated heterocycles. The SMILES string of the molecule is NC(C1CCCC1)C1Cc2ccccc2O1. The molecule has 16 heavy (non-hydrogen) atoms. The van der Waals surface area contributed by atoms with Crippen molar-refractivity contribution in [1.29, 1.82) is 0 Å². The van der Waals surface area contributed by atoms with Crippen LogP contribution in [-0.4, -0.2) is 12.1 Å². The molecule has 0 bridgehead atoms. The lowest BCUT2D eigenvalue weighted by Gasteiger charge is -2.24. The molecule has 2 atom stereocenters. The normalized spacial score (nSPS) is 26.4. The minimum absolute atomic E-state index is 0.209. The third-order valence-corrected chi connectivity index (χ3v) is 4.05. The summed E-state index contributed by atoms with van der Waals surface area (Å²) < 4.78 is 5.96. The fourth-order valence-corrected chi connectivity index (χ4v) is 3.07. The molecule has 1 aromatic rings. The molecule has 1 saturated carbocycles. The van der Waals surface area contributed by atoms with Gasteiger partial charge in [0, 0.05) is 12.5 Å². The average molecular weight is 217 g/mol. The first-order valence-electron chi connectivity index (χ1n) is 6.35. The van der Waals surface area contributed by atoms with Gasteiger partial charge in [0.25, 0.3) is 0 Å². The van der Waals surface area contributed by atoms with Gasteiger partial charge in [-0.2, -0.15) is 0 Å². The molecule has 1 fully saturated rings. The van der Waals surface area contributed by atoms with Crippen LogP contribution in [0.25, 0.3) is 0 Å². The van der Waals surface area contributed by atoms with Crippen molar-refractivity contribution in [3.05, 3.63) is 29.8 Å². The lowest BCUT2D eigenvalue weighted by Crippen LogP contribution is -2.43. The summed E-state index contributed by atoms with van der Waals surface area (Å²) in [7, 11) is 0. The van der Waals surface area contributed by atoms with Gasteiger partial charge in [0.05, 0.1) is 0 Å². The first-order valence-corrected chi connectivity index (χ1v) is 6.35. The molecule has 0 radical (unpaired) electrons. The Balaban J connectivity index is 1.70. The molecule has 1 aromatic carbocycles. The predicted molar refractivity (Wildman–Crippen MR) is 64.5 cm³/mol. The molecular weight excluding hydrogens is 198 g/mol. The van der Waals surface area contributed by atoms with Crippen molar-refractivity contribution in [2.75, 3.05) is 0 Å². The second-order valence-corrected chi connectivity index (χ2v) is 5.09. The molecule has 0 spiro atoms. The summed E-state index contributed by atoms with van der Waals surface area (Å²) in [5.74, 6) is 1.72. The van der Waals surface area contributed by atoms with Crippen LogP contribution in [0.2, 0.25) is 0 Å².